The van der Waals surface area contributed by atoms with Crippen molar-refractivity contribution in [1.82, 2.24) is 0 Å². The van der Waals surface area contributed by atoms with Crippen molar-refractivity contribution in [3.63, 3.8) is 0 Å². The molecule has 0 unspecified atom stereocenters. The maximum Gasteiger partial charge on any atom is 0.301 e. The van der Waals surface area contributed by atoms with Crippen LogP contribution in [-0.4, -0.2) is 9.85 Å². The first-order valence-corrected chi connectivity index (χ1v) is 8.89. The molecule has 0 heterocycles. The molecule has 0 aliphatic carbocycles. The molecule has 0 atom stereocenters. The van der Waals surface area contributed by atoms with Crippen LogP contribution in [-0.2, 0) is 0 Å². The molecular weight excluding hydrogens is 410 g/mol. The molecule has 0 aliphatic heterocycles. The lowest BCUT2D eigenvalue weighted by atomic mass is 10.1. The smallest absolute Gasteiger partial charge is 0.271 e. The Hall–Kier alpha value is -4.47. The summed E-state index contributed by atoms with van der Waals surface area (Å²) in [4.78, 5) is 20.8. The Labute approximate surface area is 172 Å². The number of nitrogens with one attached hydrogen (secondary N) is 1. The number of rotatable bonds is 4. The highest BCUT2D eigenvalue weighted by Gasteiger charge is 2.19. The summed E-state index contributed by atoms with van der Waals surface area (Å²) < 4.78 is 28.3. The Bertz CT molecular complexity index is 1460. The van der Waals surface area contributed by atoms with E-state index in [4.69, 9.17) is 0 Å². The molecule has 4 aromatic carbocycles. The van der Waals surface area contributed by atoms with Gasteiger partial charge in [0.15, 0.2) is 11.6 Å². The second-order valence-corrected chi connectivity index (χ2v) is 6.53. The van der Waals surface area contributed by atoms with Crippen molar-refractivity contribution >= 4 is 38.6 Å². The number of hydrogen-bond donors (Lipinski definition) is 1. The first kappa shape index (κ1) is 19.8. The highest BCUT2D eigenvalue weighted by atomic mass is 19.2. The van der Waals surface area contributed by atoms with Crippen LogP contribution in [0.1, 0.15) is 0 Å². The van der Waals surface area contributed by atoms with Gasteiger partial charge in [-0.15, -0.1) is 0 Å². The summed E-state index contributed by atoms with van der Waals surface area (Å²) >= 11 is 0. The molecule has 4 aromatic rings. The van der Waals surface area contributed by atoms with Gasteiger partial charge in [-0.05, 0) is 23.6 Å². The van der Waals surface area contributed by atoms with Crippen molar-refractivity contribution in [2.24, 2.45) is 5.10 Å². The van der Waals surface area contributed by atoms with Crippen molar-refractivity contribution in [3.05, 3.63) is 104 Å². The zero-order valence-corrected chi connectivity index (χ0v) is 15.6. The normalized spacial score (nSPS) is 11.6. The van der Waals surface area contributed by atoms with Gasteiger partial charge in [0.2, 0.25) is 0 Å². The van der Waals surface area contributed by atoms with Gasteiger partial charge in [-0.25, -0.2) is 8.78 Å². The Balaban J connectivity index is 2.01. The lowest BCUT2D eigenvalue weighted by molar-refractivity contribution is -0.393. The molecule has 1 N–H and O–H groups in total. The van der Waals surface area contributed by atoms with Crippen LogP contribution in [0.2, 0.25) is 0 Å². The molecular formula is C21H12F2N4O4. The molecule has 0 amide bonds. The molecule has 4 rings (SSSR count). The molecule has 8 nitrogen and oxygen atoms in total. The fourth-order valence-corrected chi connectivity index (χ4v) is 3.23. The van der Waals surface area contributed by atoms with Crippen LogP contribution >= 0.6 is 0 Å². The fraction of sp³-hybridized carbons (Fsp3) is 0. The average Bonchev–Trinajstić information content (AvgIpc) is 2.91. The predicted molar refractivity (Wildman–Crippen MR) is 110 cm³/mol. The maximum absolute atomic E-state index is 14.5. The van der Waals surface area contributed by atoms with Crippen molar-refractivity contribution < 1.29 is 18.6 Å². The number of nitro benzene ring substituents is 2. The lowest BCUT2D eigenvalue weighted by Gasteiger charge is -2.03. The molecule has 0 fully saturated rings. The number of nitrogens with zero attached hydrogens (tertiary/aromatic N) is 3. The summed E-state index contributed by atoms with van der Waals surface area (Å²) in [5.74, 6) is -2.07. The average molecular weight is 422 g/mol. The van der Waals surface area contributed by atoms with Gasteiger partial charge in [0, 0.05) is 22.2 Å². The molecule has 154 valence electrons. The molecule has 0 bridgehead atoms. The van der Waals surface area contributed by atoms with E-state index in [2.05, 4.69) is 10.5 Å². The van der Waals surface area contributed by atoms with Crippen LogP contribution in [0.15, 0.2) is 71.8 Å². The highest BCUT2D eigenvalue weighted by Crippen LogP contribution is 2.29. The third-order valence-corrected chi connectivity index (χ3v) is 4.71. The van der Waals surface area contributed by atoms with Crippen LogP contribution in [0.3, 0.4) is 0 Å². The van der Waals surface area contributed by atoms with E-state index in [1.807, 2.05) is 0 Å². The van der Waals surface area contributed by atoms with E-state index >= 15 is 0 Å². The van der Waals surface area contributed by atoms with E-state index in [9.17, 15) is 29.0 Å². The van der Waals surface area contributed by atoms with E-state index in [0.717, 1.165) is 24.3 Å². The van der Waals surface area contributed by atoms with Crippen LogP contribution in [0.5, 0.6) is 0 Å². The van der Waals surface area contributed by atoms with Crippen molar-refractivity contribution in [2.45, 2.75) is 0 Å². The Morgan fingerprint density at radius 2 is 1.55 bits per heavy atom. The zero-order valence-electron chi connectivity index (χ0n) is 15.6. The number of hydrogen-bond acceptors (Lipinski definition) is 6. The van der Waals surface area contributed by atoms with E-state index in [1.54, 1.807) is 30.3 Å². The predicted octanol–water partition coefficient (Wildman–Crippen LogP) is 5.02. The van der Waals surface area contributed by atoms with Crippen molar-refractivity contribution in [3.8, 4) is 0 Å². The Morgan fingerprint density at radius 1 is 0.806 bits per heavy atom. The van der Waals surface area contributed by atoms with Crippen LogP contribution in [0.4, 0.5) is 25.8 Å². The van der Waals surface area contributed by atoms with E-state index < -0.39 is 32.9 Å². The number of nitro groups is 2. The fourth-order valence-electron chi connectivity index (χ4n) is 3.23. The number of benzene rings is 3. The third-order valence-electron chi connectivity index (χ3n) is 4.71. The van der Waals surface area contributed by atoms with Crippen LogP contribution in [0, 0.1) is 31.9 Å². The van der Waals surface area contributed by atoms with Crippen molar-refractivity contribution in [2.75, 3.05) is 5.43 Å². The summed E-state index contributed by atoms with van der Waals surface area (Å²) in [7, 11) is 0. The highest BCUT2D eigenvalue weighted by molar-refractivity contribution is 5.93. The minimum absolute atomic E-state index is 0.0186. The molecule has 0 radical (unpaired) electrons. The number of halogens is 2. The molecule has 31 heavy (non-hydrogen) atoms. The molecule has 0 spiro atoms. The topological polar surface area (TPSA) is 111 Å². The van der Waals surface area contributed by atoms with Gasteiger partial charge >= 0.3 is 5.69 Å². The summed E-state index contributed by atoms with van der Waals surface area (Å²) in [6.45, 7) is 0. The van der Waals surface area contributed by atoms with E-state index in [0.29, 0.717) is 10.8 Å². The second-order valence-electron chi connectivity index (χ2n) is 6.53. The Kier molecular flexibility index (Phi) is 4.96. The number of fused-ring (bicyclic) bond motifs is 2. The number of anilines is 1. The molecule has 10 heteroatoms. The van der Waals surface area contributed by atoms with E-state index in [1.165, 1.54) is 12.1 Å². The molecule has 0 aromatic heterocycles. The summed E-state index contributed by atoms with van der Waals surface area (Å²) in [6.07, 6.45) is 0. The Morgan fingerprint density at radius 3 is 2.29 bits per heavy atom. The lowest BCUT2D eigenvalue weighted by Crippen LogP contribution is -2.08. The number of non-ortho nitro benzene ring substituents is 1. The van der Waals surface area contributed by atoms with Crippen LogP contribution < -0.4 is 10.8 Å². The minimum atomic E-state index is -1.05. The van der Waals surface area contributed by atoms with Crippen molar-refractivity contribution in [1.29, 1.82) is 0 Å². The first-order valence-electron chi connectivity index (χ1n) is 8.89. The van der Waals surface area contributed by atoms with E-state index in [-0.39, 0.29) is 21.8 Å². The molecule has 0 aliphatic rings. The standard InChI is InChI=1S/C21H12F2N4O4/c22-17-9-8-16-15(20(17)23)7-5-12-3-1-2-4-14(12)21(16)25-24-18-10-6-13(26(28)29)11-19(18)27(30)31/h1-11,24H. The first-order chi connectivity index (χ1) is 14.9. The van der Waals surface area contributed by atoms with Gasteiger partial charge in [-0.2, -0.15) is 5.10 Å². The van der Waals surface area contributed by atoms with Gasteiger partial charge in [-0.1, -0.05) is 36.4 Å². The third kappa shape index (κ3) is 3.62. The molecule has 0 saturated carbocycles. The zero-order chi connectivity index (χ0) is 22.1. The molecule has 0 saturated heterocycles. The van der Waals surface area contributed by atoms with Gasteiger partial charge < -0.3 is 0 Å². The summed E-state index contributed by atoms with van der Waals surface area (Å²) in [6, 6.07) is 15.4. The second kappa shape index (κ2) is 7.75. The maximum atomic E-state index is 14.5. The van der Waals surface area contributed by atoms with Gasteiger partial charge in [0.25, 0.3) is 5.69 Å². The summed E-state index contributed by atoms with van der Waals surface area (Å²) in [5, 5.41) is 28.3. The van der Waals surface area contributed by atoms with Gasteiger partial charge in [-0.3, -0.25) is 25.7 Å². The van der Waals surface area contributed by atoms with Crippen LogP contribution in [0.25, 0.3) is 21.5 Å². The SMILES string of the molecule is O=[N+]([O-])c1ccc(NN=c2c3ccccc3ccc3c(F)c(F)ccc23)c([N+](=O)[O-])c1. The monoisotopic (exact) mass is 422 g/mol. The summed E-state index contributed by atoms with van der Waals surface area (Å²) in [5.41, 5.74) is 1.46. The quantitative estimate of drug-likeness (QED) is 0.367. The van der Waals surface area contributed by atoms with Gasteiger partial charge in [0.1, 0.15) is 5.69 Å². The van der Waals surface area contributed by atoms with Gasteiger partial charge in [0.05, 0.1) is 21.3 Å². The largest absolute Gasteiger partial charge is 0.301 e. The minimum Gasteiger partial charge on any atom is -0.271 e.